The molecule has 0 aliphatic carbocycles. The molecule has 6 aromatic rings. The summed E-state index contributed by atoms with van der Waals surface area (Å²) in [5.41, 5.74) is 3.91. The zero-order valence-corrected chi connectivity index (χ0v) is 20.5. The van der Waals surface area contributed by atoms with E-state index in [4.69, 9.17) is 18.6 Å². The van der Waals surface area contributed by atoms with Gasteiger partial charge in [-0.3, -0.25) is 0 Å². The summed E-state index contributed by atoms with van der Waals surface area (Å²) in [6, 6.07) is 32.6. The first kappa shape index (κ1) is 21.6. The van der Waals surface area contributed by atoms with Crippen molar-refractivity contribution in [3.63, 3.8) is 0 Å². The molecule has 1 atom stereocenters. The summed E-state index contributed by atoms with van der Waals surface area (Å²) in [4.78, 5) is 0. The Labute approximate surface area is 214 Å². The van der Waals surface area contributed by atoms with E-state index in [1.807, 2.05) is 54.6 Å². The minimum atomic E-state index is -0.863. The van der Waals surface area contributed by atoms with E-state index in [0.29, 0.717) is 0 Å². The Balaban J connectivity index is 1.51. The van der Waals surface area contributed by atoms with Gasteiger partial charge in [-0.1, -0.05) is 60.7 Å². The lowest BCUT2D eigenvalue weighted by atomic mass is 9.81. The molecular formula is C33H24O4. The van der Waals surface area contributed by atoms with Crippen molar-refractivity contribution in [2.45, 2.75) is 5.60 Å². The molecule has 1 aliphatic heterocycles. The van der Waals surface area contributed by atoms with Crippen LogP contribution in [0.5, 0.6) is 17.2 Å². The number of hydrogen-bond donors (Lipinski definition) is 0. The zero-order chi connectivity index (χ0) is 25.0. The molecular weight excluding hydrogens is 460 g/mol. The van der Waals surface area contributed by atoms with Gasteiger partial charge in [-0.2, -0.15) is 0 Å². The van der Waals surface area contributed by atoms with Crippen LogP contribution >= 0.6 is 0 Å². The summed E-state index contributed by atoms with van der Waals surface area (Å²) in [7, 11) is 3.38. The highest BCUT2D eigenvalue weighted by molar-refractivity contribution is 6.10. The van der Waals surface area contributed by atoms with Gasteiger partial charge in [0.05, 0.1) is 14.2 Å². The first-order valence-electron chi connectivity index (χ1n) is 12.2. The standard InChI is InChI=1S/C33H24O4/c1-34-22-13-11-21(12-14-22)33(27-15-16-28(35-2)24-8-4-3-7-23(24)27)20-19-26-30(37-33)17-18-31-32(26)25-9-5-6-10-29(25)36-31/h3-20H,1-2H3. The fourth-order valence-corrected chi connectivity index (χ4v) is 5.55. The molecule has 0 N–H and O–H groups in total. The van der Waals surface area contributed by atoms with Gasteiger partial charge in [0.15, 0.2) is 5.60 Å². The van der Waals surface area contributed by atoms with Crippen molar-refractivity contribution >= 4 is 38.8 Å². The molecule has 37 heavy (non-hydrogen) atoms. The topological polar surface area (TPSA) is 40.8 Å². The van der Waals surface area contributed by atoms with Crippen molar-refractivity contribution in [3.8, 4) is 17.2 Å². The van der Waals surface area contributed by atoms with Gasteiger partial charge in [-0.05, 0) is 53.9 Å². The molecule has 1 unspecified atom stereocenters. The van der Waals surface area contributed by atoms with E-state index >= 15 is 0 Å². The fraction of sp³-hybridized carbons (Fsp3) is 0.0909. The van der Waals surface area contributed by atoms with Gasteiger partial charge < -0.3 is 18.6 Å². The van der Waals surface area contributed by atoms with Crippen LogP contribution in [-0.4, -0.2) is 14.2 Å². The van der Waals surface area contributed by atoms with Crippen molar-refractivity contribution in [2.75, 3.05) is 14.2 Å². The Bertz CT molecular complexity index is 1830. The van der Waals surface area contributed by atoms with Crippen LogP contribution in [-0.2, 0) is 5.60 Å². The Hall–Kier alpha value is -4.70. The normalized spacial score (nSPS) is 16.6. The van der Waals surface area contributed by atoms with Crippen molar-refractivity contribution in [3.05, 3.63) is 120 Å². The lowest BCUT2D eigenvalue weighted by Gasteiger charge is -2.37. The molecule has 0 radical (unpaired) electrons. The van der Waals surface area contributed by atoms with Gasteiger partial charge in [0.1, 0.15) is 28.4 Å². The van der Waals surface area contributed by atoms with Crippen LogP contribution < -0.4 is 14.2 Å². The van der Waals surface area contributed by atoms with Crippen LogP contribution in [0, 0.1) is 0 Å². The molecule has 2 heterocycles. The molecule has 0 bridgehead atoms. The van der Waals surface area contributed by atoms with Crippen LogP contribution in [0.15, 0.2) is 108 Å². The molecule has 0 amide bonds. The highest BCUT2D eigenvalue weighted by Gasteiger charge is 2.39. The molecule has 7 rings (SSSR count). The number of furan rings is 1. The molecule has 0 saturated heterocycles. The molecule has 1 aliphatic rings. The van der Waals surface area contributed by atoms with E-state index in [-0.39, 0.29) is 0 Å². The summed E-state index contributed by atoms with van der Waals surface area (Å²) < 4.78 is 24.3. The summed E-state index contributed by atoms with van der Waals surface area (Å²) >= 11 is 0. The average molecular weight is 485 g/mol. The third-order valence-corrected chi connectivity index (χ3v) is 7.32. The predicted octanol–water partition coefficient (Wildman–Crippen LogP) is 8.11. The minimum Gasteiger partial charge on any atom is -0.497 e. The summed E-state index contributed by atoms with van der Waals surface area (Å²) in [5, 5.41) is 4.25. The molecule has 4 nitrogen and oxygen atoms in total. The number of hydrogen-bond acceptors (Lipinski definition) is 4. The second-order valence-electron chi connectivity index (χ2n) is 9.21. The lowest BCUT2D eigenvalue weighted by molar-refractivity contribution is 0.163. The smallest absolute Gasteiger partial charge is 0.178 e. The Kier molecular flexibility index (Phi) is 4.76. The highest BCUT2D eigenvalue weighted by Crippen LogP contribution is 2.48. The van der Waals surface area contributed by atoms with E-state index in [9.17, 15) is 0 Å². The number of ether oxygens (including phenoxy) is 3. The van der Waals surface area contributed by atoms with E-state index in [0.717, 1.165) is 66.6 Å². The van der Waals surface area contributed by atoms with E-state index in [2.05, 4.69) is 54.6 Å². The maximum Gasteiger partial charge on any atom is 0.178 e. The Morgan fingerprint density at radius 3 is 2.19 bits per heavy atom. The molecule has 180 valence electrons. The minimum absolute atomic E-state index is 0.797. The SMILES string of the molecule is COc1ccc(C2(c3ccc(OC)c4ccccc34)C=Cc3c(ccc4oc5ccccc5c34)O2)cc1. The average Bonchev–Trinajstić information content (AvgIpc) is 3.35. The number of para-hydroxylation sites is 1. The van der Waals surface area contributed by atoms with Gasteiger partial charge in [-0.15, -0.1) is 0 Å². The molecule has 1 aromatic heterocycles. The summed E-state index contributed by atoms with van der Waals surface area (Å²) in [5.74, 6) is 2.43. The summed E-state index contributed by atoms with van der Waals surface area (Å²) in [6.45, 7) is 0. The largest absolute Gasteiger partial charge is 0.497 e. The van der Waals surface area contributed by atoms with Crippen LogP contribution in [0.4, 0.5) is 0 Å². The van der Waals surface area contributed by atoms with Crippen LogP contribution in [0.2, 0.25) is 0 Å². The van der Waals surface area contributed by atoms with Gasteiger partial charge in [0.2, 0.25) is 0 Å². The maximum atomic E-state index is 7.06. The lowest BCUT2D eigenvalue weighted by Crippen LogP contribution is -2.34. The van der Waals surface area contributed by atoms with Crippen molar-refractivity contribution < 1.29 is 18.6 Å². The maximum absolute atomic E-state index is 7.06. The fourth-order valence-electron chi connectivity index (χ4n) is 5.55. The van der Waals surface area contributed by atoms with Crippen LogP contribution in [0.1, 0.15) is 16.7 Å². The monoisotopic (exact) mass is 484 g/mol. The first-order valence-corrected chi connectivity index (χ1v) is 12.2. The molecule has 5 aromatic carbocycles. The molecule has 4 heteroatoms. The van der Waals surface area contributed by atoms with Gasteiger partial charge in [0.25, 0.3) is 0 Å². The zero-order valence-electron chi connectivity index (χ0n) is 20.5. The number of rotatable bonds is 4. The third-order valence-electron chi connectivity index (χ3n) is 7.32. The molecule has 0 spiro atoms. The summed E-state index contributed by atoms with van der Waals surface area (Å²) in [6.07, 6.45) is 4.33. The van der Waals surface area contributed by atoms with E-state index in [1.54, 1.807) is 14.2 Å². The first-order chi connectivity index (χ1) is 18.2. The Morgan fingerprint density at radius 2 is 1.41 bits per heavy atom. The van der Waals surface area contributed by atoms with E-state index < -0.39 is 5.60 Å². The highest BCUT2D eigenvalue weighted by atomic mass is 16.5. The van der Waals surface area contributed by atoms with Crippen molar-refractivity contribution in [2.24, 2.45) is 0 Å². The second-order valence-corrected chi connectivity index (χ2v) is 9.21. The number of benzene rings is 5. The van der Waals surface area contributed by atoms with E-state index in [1.165, 1.54) is 0 Å². The van der Waals surface area contributed by atoms with Gasteiger partial charge in [0, 0.05) is 32.8 Å². The molecule has 0 saturated carbocycles. The van der Waals surface area contributed by atoms with Crippen LogP contribution in [0.3, 0.4) is 0 Å². The van der Waals surface area contributed by atoms with Crippen LogP contribution in [0.25, 0.3) is 38.8 Å². The van der Waals surface area contributed by atoms with Crippen molar-refractivity contribution in [1.29, 1.82) is 0 Å². The number of fused-ring (bicyclic) bond motifs is 6. The molecule has 0 fully saturated rings. The third kappa shape index (κ3) is 3.15. The van der Waals surface area contributed by atoms with Crippen molar-refractivity contribution in [1.82, 2.24) is 0 Å². The Morgan fingerprint density at radius 1 is 0.649 bits per heavy atom. The second kappa shape index (κ2) is 8.17. The van der Waals surface area contributed by atoms with Gasteiger partial charge >= 0.3 is 0 Å². The number of methoxy groups -OCH3 is 2. The predicted molar refractivity (Wildman–Crippen MR) is 148 cm³/mol. The van der Waals surface area contributed by atoms with Gasteiger partial charge in [-0.25, -0.2) is 0 Å². The quantitative estimate of drug-likeness (QED) is 0.253.